The lowest BCUT2D eigenvalue weighted by atomic mass is 10.0. The van der Waals surface area contributed by atoms with Crippen molar-refractivity contribution in [1.29, 1.82) is 0 Å². The Balaban J connectivity index is 0.00000364. The molecule has 0 aliphatic rings. The lowest BCUT2D eigenvalue weighted by Gasteiger charge is -2.15. The van der Waals surface area contributed by atoms with Gasteiger partial charge in [-0.15, -0.1) is 12.4 Å². The number of anilines is 1. The van der Waals surface area contributed by atoms with E-state index in [1.165, 1.54) is 19.2 Å². The number of amides is 1. The second-order valence-electron chi connectivity index (χ2n) is 5.71. The Labute approximate surface area is 163 Å². The molecule has 1 unspecified atom stereocenters. The zero-order valence-corrected chi connectivity index (χ0v) is 15.7. The molecule has 0 heterocycles. The molecule has 0 spiro atoms. The number of hydrogen-bond acceptors (Lipinski definition) is 4. The Hall–Kier alpha value is -2.22. The number of halogens is 3. The van der Waals surface area contributed by atoms with E-state index in [2.05, 4.69) is 10.1 Å². The van der Waals surface area contributed by atoms with Crippen LogP contribution in [0.5, 0.6) is 5.75 Å². The molecule has 148 valence electrons. The highest BCUT2D eigenvalue weighted by molar-refractivity contribution is 5.91. The first-order valence-electron chi connectivity index (χ1n) is 8.16. The van der Waals surface area contributed by atoms with Crippen molar-refractivity contribution in [2.24, 2.45) is 5.73 Å². The second-order valence-corrected chi connectivity index (χ2v) is 5.71. The van der Waals surface area contributed by atoms with Crippen molar-refractivity contribution in [3.63, 3.8) is 0 Å². The van der Waals surface area contributed by atoms with E-state index in [9.17, 15) is 13.6 Å². The number of carbonyl (C=O) groups is 1. The van der Waals surface area contributed by atoms with Gasteiger partial charge < -0.3 is 20.5 Å². The maximum absolute atomic E-state index is 12.7. The van der Waals surface area contributed by atoms with Gasteiger partial charge in [-0.1, -0.05) is 30.3 Å². The lowest BCUT2D eigenvalue weighted by Crippen LogP contribution is -2.28. The molecule has 0 radical (unpaired) electrons. The van der Waals surface area contributed by atoms with Crippen LogP contribution in [0, 0.1) is 0 Å². The zero-order valence-electron chi connectivity index (χ0n) is 14.9. The van der Waals surface area contributed by atoms with Crippen LogP contribution in [0.1, 0.15) is 17.5 Å². The van der Waals surface area contributed by atoms with Crippen LogP contribution in [0.15, 0.2) is 48.5 Å². The quantitative estimate of drug-likeness (QED) is 0.674. The first-order valence-corrected chi connectivity index (χ1v) is 8.16. The van der Waals surface area contributed by atoms with E-state index < -0.39 is 6.61 Å². The highest BCUT2D eigenvalue weighted by Gasteiger charge is 2.14. The van der Waals surface area contributed by atoms with Crippen LogP contribution in [-0.2, 0) is 16.0 Å². The van der Waals surface area contributed by atoms with Crippen molar-refractivity contribution in [3.8, 4) is 5.75 Å². The Morgan fingerprint density at radius 1 is 1.19 bits per heavy atom. The molecule has 0 saturated carbocycles. The van der Waals surface area contributed by atoms with Gasteiger partial charge in [0, 0.05) is 31.3 Å². The standard InChI is InChI=1S/C19H22F2N2O3.ClH/c1-25-16(12-22)11-18(24)23-15-7-8-17(26-19(20)21)14(10-15)9-13-5-3-2-4-6-13;/h2-8,10,16,19H,9,11-12,22H2,1H3,(H,23,24);1H. The van der Waals surface area contributed by atoms with Crippen LogP contribution in [0.25, 0.3) is 0 Å². The SMILES string of the molecule is COC(CN)CC(=O)Nc1ccc(OC(F)F)c(Cc2ccccc2)c1.Cl. The van der Waals surface area contributed by atoms with Gasteiger partial charge >= 0.3 is 6.61 Å². The number of nitrogens with one attached hydrogen (secondary N) is 1. The first-order chi connectivity index (χ1) is 12.5. The molecule has 1 atom stereocenters. The Morgan fingerprint density at radius 3 is 2.48 bits per heavy atom. The van der Waals surface area contributed by atoms with Crippen LogP contribution in [0.4, 0.5) is 14.5 Å². The summed E-state index contributed by atoms with van der Waals surface area (Å²) in [6.07, 6.45) is 0.132. The lowest BCUT2D eigenvalue weighted by molar-refractivity contribution is -0.118. The number of rotatable bonds is 9. The third-order valence-electron chi connectivity index (χ3n) is 3.81. The van der Waals surface area contributed by atoms with E-state index in [4.69, 9.17) is 10.5 Å². The minimum Gasteiger partial charge on any atom is -0.435 e. The highest BCUT2D eigenvalue weighted by atomic mass is 35.5. The molecule has 1 amide bonds. The van der Waals surface area contributed by atoms with Crippen LogP contribution >= 0.6 is 12.4 Å². The Bertz CT molecular complexity index is 713. The minimum absolute atomic E-state index is 0. The molecule has 2 rings (SSSR count). The molecule has 8 heteroatoms. The maximum atomic E-state index is 12.7. The van der Waals surface area contributed by atoms with E-state index in [-0.39, 0.29) is 43.1 Å². The van der Waals surface area contributed by atoms with E-state index in [0.717, 1.165) is 5.56 Å². The number of benzene rings is 2. The molecule has 0 aliphatic carbocycles. The summed E-state index contributed by atoms with van der Waals surface area (Å²) in [6, 6.07) is 14.0. The van der Waals surface area contributed by atoms with Gasteiger partial charge in [-0.3, -0.25) is 4.79 Å². The van der Waals surface area contributed by atoms with Crippen LogP contribution < -0.4 is 15.8 Å². The fourth-order valence-corrected chi connectivity index (χ4v) is 2.50. The smallest absolute Gasteiger partial charge is 0.387 e. The zero-order chi connectivity index (χ0) is 18.9. The topological polar surface area (TPSA) is 73.6 Å². The minimum atomic E-state index is -2.92. The van der Waals surface area contributed by atoms with Crippen molar-refractivity contribution in [2.45, 2.75) is 25.6 Å². The average Bonchev–Trinajstić information content (AvgIpc) is 2.62. The highest BCUT2D eigenvalue weighted by Crippen LogP contribution is 2.27. The van der Waals surface area contributed by atoms with Crippen molar-refractivity contribution in [1.82, 2.24) is 0 Å². The number of methoxy groups -OCH3 is 1. The van der Waals surface area contributed by atoms with E-state index >= 15 is 0 Å². The van der Waals surface area contributed by atoms with Gasteiger partial charge in [-0.05, 0) is 23.8 Å². The van der Waals surface area contributed by atoms with Gasteiger partial charge in [-0.25, -0.2) is 0 Å². The number of hydrogen-bond donors (Lipinski definition) is 2. The molecule has 2 aromatic rings. The van der Waals surface area contributed by atoms with Gasteiger partial charge in [-0.2, -0.15) is 8.78 Å². The first kappa shape index (κ1) is 22.8. The Kier molecular flexibility index (Phi) is 9.71. The third kappa shape index (κ3) is 7.50. The summed E-state index contributed by atoms with van der Waals surface area (Å²) in [5, 5.41) is 2.73. The summed E-state index contributed by atoms with van der Waals surface area (Å²) >= 11 is 0. The van der Waals surface area contributed by atoms with Crippen LogP contribution in [-0.4, -0.2) is 32.3 Å². The summed E-state index contributed by atoms with van der Waals surface area (Å²) in [5.41, 5.74) is 7.50. The number of nitrogens with two attached hydrogens (primary N) is 1. The Morgan fingerprint density at radius 2 is 1.89 bits per heavy atom. The molecule has 0 aromatic heterocycles. The summed E-state index contributed by atoms with van der Waals surface area (Å²) in [4.78, 5) is 12.1. The maximum Gasteiger partial charge on any atom is 0.387 e. The molecule has 0 bridgehead atoms. The predicted octanol–water partition coefficient (Wildman–Crippen LogP) is 3.60. The molecule has 27 heavy (non-hydrogen) atoms. The van der Waals surface area contributed by atoms with E-state index in [0.29, 0.717) is 17.7 Å². The molecule has 0 saturated heterocycles. The van der Waals surface area contributed by atoms with Gasteiger partial charge in [0.25, 0.3) is 0 Å². The summed E-state index contributed by atoms with van der Waals surface area (Å²) in [7, 11) is 1.49. The van der Waals surface area contributed by atoms with Gasteiger partial charge in [0.1, 0.15) is 5.75 Å². The molecular formula is C19H23ClF2N2O3. The van der Waals surface area contributed by atoms with Crippen LogP contribution in [0.3, 0.4) is 0 Å². The number of alkyl halides is 2. The predicted molar refractivity (Wildman–Crippen MR) is 103 cm³/mol. The van der Waals surface area contributed by atoms with E-state index in [1.807, 2.05) is 30.3 Å². The molecule has 0 fully saturated rings. The fourth-order valence-electron chi connectivity index (χ4n) is 2.50. The monoisotopic (exact) mass is 400 g/mol. The largest absolute Gasteiger partial charge is 0.435 e. The van der Waals surface area contributed by atoms with Gasteiger partial charge in [0.05, 0.1) is 12.5 Å². The second kappa shape index (κ2) is 11.5. The molecule has 5 nitrogen and oxygen atoms in total. The molecule has 3 N–H and O–H groups in total. The molecule has 2 aromatic carbocycles. The van der Waals surface area contributed by atoms with E-state index in [1.54, 1.807) is 6.07 Å². The van der Waals surface area contributed by atoms with Crippen LogP contribution in [0.2, 0.25) is 0 Å². The van der Waals surface area contributed by atoms with Crippen molar-refractivity contribution in [2.75, 3.05) is 19.0 Å². The van der Waals surface area contributed by atoms with Crippen molar-refractivity contribution in [3.05, 3.63) is 59.7 Å². The number of carbonyl (C=O) groups excluding carboxylic acids is 1. The molecular weight excluding hydrogens is 378 g/mol. The molecule has 0 aliphatic heterocycles. The fraction of sp³-hybridized carbons (Fsp3) is 0.316. The summed E-state index contributed by atoms with van der Waals surface area (Å²) in [6.45, 7) is -2.69. The summed E-state index contributed by atoms with van der Waals surface area (Å²) in [5.74, 6) is -0.186. The summed E-state index contributed by atoms with van der Waals surface area (Å²) < 4.78 is 35.0. The normalized spacial score (nSPS) is 11.6. The van der Waals surface area contributed by atoms with Gasteiger partial charge in [0.2, 0.25) is 5.91 Å². The third-order valence-corrected chi connectivity index (χ3v) is 3.81. The average molecular weight is 401 g/mol. The van der Waals surface area contributed by atoms with Gasteiger partial charge in [0.15, 0.2) is 0 Å². The number of ether oxygens (including phenoxy) is 2. The van der Waals surface area contributed by atoms with Crippen molar-refractivity contribution < 1.29 is 23.0 Å². The van der Waals surface area contributed by atoms with Crippen molar-refractivity contribution >= 4 is 24.0 Å².